The molecule has 0 saturated carbocycles. The minimum absolute atomic E-state index is 0.166. The van der Waals surface area contributed by atoms with E-state index < -0.39 is 22.2 Å². The molecule has 38 heavy (non-hydrogen) atoms. The Balaban J connectivity index is 0.000000426. The number of rotatable bonds is 4. The maximum absolute atomic E-state index is 13.3. The van der Waals surface area contributed by atoms with E-state index in [4.69, 9.17) is 31.0 Å². The molecule has 5 rings (SSSR count). The molecule has 16 heteroatoms. The van der Waals surface area contributed by atoms with Crippen LogP contribution in [-0.4, -0.2) is 111 Å². The van der Waals surface area contributed by atoms with Gasteiger partial charge in [0.15, 0.2) is 5.13 Å². The van der Waals surface area contributed by atoms with E-state index in [0.717, 1.165) is 41.5 Å². The number of carboxylic acids is 1. The number of fused-ring (bicyclic) bond motifs is 1. The maximum atomic E-state index is 13.3. The van der Waals surface area contributed by atoms with Crippen molar-refractivity contribution in [1.82, 2.24) is 14.2 Å². The van der Waals surface area contributed by atoms with Gasteiger partial charge in [0.2, 0.25) is 10.0 Å². The van der Waals surface area contributed by atoms with E-state index in [1.165, 1.54) is 11.3 Å². The minimum Gasteiger partial charge on any atom is -0.475 e. The second-order valence-electron chi connectivity index (χ2n) is 9.52. The molecule has 3 aliphatic heterocycles. The molecule has 3 aliphatic rings. The van der Waals surface area contributed by atoms with Crippen molar-refractivity contribution < 1.29 is 41.0 Å². The summed E-state index contributed by atoms with van der Waals surface area (Å²) in [6.45, 7) is 9.98. The summed E-state index contributed by atoms with van der Waals surface area (Å²) in [5, 5.41) is 8.20. The second kappa shape index (κ2) is 11.0. The van der Waals surface area contributed by atoms with Gasteiger partial charge in [-0.1, -0.05) is 22.9 Å². The summed E-state index contributed by atoms with van der Waals surface area (Å²) in [6.07, 6.45) is -5.08. The van der Waals surface area contributed by atoms with Crippen molar-refractivity contribution in [3.63, 3.8) is 0 Å². The van der Waals surface area contributed by atoms with Gasteiger partial charge in [0.05, 0.1) is 48.1 Å². The van der Waals surface area contributed by atoms with Crippen LogP contribution in [0.5, 0.6) is 0 Å². The van der Waals surface area contributed by atoms with Gasteiger partial charge in [0, 0.05) is 32.2 Å². The van der Waals surface area contributed by atoms with E-state index in [1.54, 1.807) is 16.4 Å². The smallest absolute Gasteiger partial charge is 0.475 e. The first-order valence-electron chi connectivity index (χ1n) is 11.8. The van der Waals surface area contributed by atoms with Crippen LogP contribution in [0, 0.1) is 0 Å². The molecule has 10 nitrogen and oxygen atoms in total. The number of hydrogen-bond donors (Lipinski definition) is 1. The number of aromatic nitrogens is 1. The lowest BCUT2D eigenvalue weighted by Gasteiger charge is -2.50. The third-order valence-electron chi connectivity index (χ3n) is 6.52. The molecule has 1 aromatic heterocycles. The van der Waals surface area contributed by atoms with Crippen LogP contribution in [0.3, 0.4) is 0 Å². The van der Waals surface area contributed by atoms with Gasteiger partial charge in [0.1, 0.15) is 10.5 Å². The Morgan fingerprint density at radius 3 is 2.34 bits per heavy atom. The number of carbonyl (C=O) groups is 1. The number of hydrogen-bond acceptors (Lipinski definition) is 9. The molecular formula is C22H28ClF3N4O6S2. The number of carboxylic acid groups (broad SMARTS) is 1. The first-order valence-corrected chi connectivity index (χ1v) is 14.5. The number of alkyl halides is 3. The predicted molar refractivity (Wildman–Crippen MR) is 136 cm³/mol. The fourth-order valence-corrected chi connectivity index (χ4v) is 7.44. The molecule has 2 aromatic rings. The highest BCUT2D eigenvalue weighted by molar-refractivity contribution is 7.89. The van der Waals surface area contributed by atoms with Gasteiger partial charge in [-0.15, -0.1) is 0 Å². The summed E-state index contributed by atoms with van der Waals surface area (Å²) in [5.74, 6) is -2.76. The molecule has 1 spiro atoms. The van der Waals surface area contributed by atoms with Gasteiger partial charge in [-0.05, 0) is 26.0 Å². The molecule has 0 amide bonds. The zero-order valence-corrected chi connectivity index (χ0v) is 23.1. The number of aliphatic carboxylic acids is 1. The van der Waals surface area contributed by atoms with E-state index >= 15 is 0 Å². The Bertz CT molecular complexity index is 1270. The highest BCUT2D eigenvalue weighted by Crippen LogP contribution is 2.39. The molecule has 212 valence electrons. The number of benzene rings is 1. The molecule has 0 unspecified atom stereocenters. The lowest BCUT2D eigenvalue weighted by Crippen LogP contribution is -2.67. The molecule has 4 heterocycles. The summed E-state index contributed by atoms with van der Waals surface area (Å²) in [4.78, 5) is 18.2. The lowest BCUT2D eigenvalue weighted by molar-refractivity contribution is -0.192. The molecule has 0 atom stereocenters. The van der Waals surface area contributed by atoms with Crippen molar-refractivity contribution in [3.05, 3.63) is 17.2 Å². The summed E-state index contributed by atoms with van der Waals surface area (Å²) in [6, 6.07) is 3.76. The summed E-state index contributed by atoms with van der Waals surface area (Å²) >= 11 is 7.92. The average molecular weight is 601 g/mol. The quantitative estimate of drug-likeness (QED) is 0.566. The summed E-state index contributed by atoms with van der Waals surface area (Å²) in [7, 11) is -3.65. The summed E-state index contributed by atoms with van der Waals surface area (Å²) in [5.41, 5.74) is 0.482. The van der Waals surface area contributed by atoms with Crippen LogP contribution in [-0.2, 0) is 24.3 Å². The zero-order valence-electron chi connectivity index (χ0n) is 20.7. The standard InChI is InChI=1S/C20H27ClN4O4S2.C2HF3O2/c1-14(2)23-3-5-25(6-4-23)31(26,27)18-10-17-16(9-15(18)21)22-19(30-17)24-11-20(12-24)13-28-7-8-29-20;3-2(4,5)1(6)7/h9-10,14H,3-8,11-13H2,1-2H3;(H,6,7). The summed E-state index contributed by atoms with van der Waals surface area (Å²) < 4.78 is 72.2. The Hall–Kier alpha value is -1.75. The Morgan fingerprint density at radius 1 is 1.18 bits per heavy atom. The predicted octanol–water partition coefficient (Wildman–Crippen LogP) is 2.90. The Labute approximate surface area is 226 Å². The van der Waals surface area contributed by atoms with Gasteiger partial charge < -0.3 is 19.5 Å². The van der Waals surface area contributed by atoms with E-state index in [0.29, 0.717) is 39.0 Å². The molecule has 0 radical (unpaired) electrons. The Morgan fingerprint density at radius 2 is 1.82 bits per heavy atom. The first kappa shape index (κ1) is 29.2. The topological polar surface area (TPSA) is 113 Å². The van der Waals surface area contributed by atoms with Crippen molar-refractivity contribution in [1.29, 1.82) is 0 Å². The van der Waals surface area contributed by atoms with Crippen LogP contribution in [0.15, 0.2) is 17.0 Å². The Kier molecular flexibility index (Phi) is 8.48. The fraction of sp³-hybridized carbons (Fsp3) is 0.636. The molecule has 1 N–H and O–H groups in total. The van der Waals surface area contributed by atoms with Crippen molar-refractivity contribution >= 4 is 54.3 Å². The second-order valence-corrected chi connectivity index (χ2v) is 12.8. The lowest BCUT2D eigenvalue weighted by atomic mass is 9.95. The van der Waals surface area contributed by atoms with Gasteiger partial charge in [-0.2, -0.15) is 17.5 Å². The SMILES string of the molecule is CC(C)N1CCN(S(=O)(=O)c2cc3sc(N4CC5(COCCO5)C4)nc3cc2Cl)CC1.O=C(O)C(F)(F)F. The number of anilines is 1. The highest BCUT2D eigenvalue weighted by atomic mass is 35.5. The number of sulfonamides is 1. The fourth-order valence-electron chi connectivity index (χ4n) is 4.43. The van der Waals surface area contributed by atoms with Gasteiger partial charge in [-0.25, -0.2) is 18.2 Å². The minimum atomic E-state index is -5.08. The highest BCUT2D eigenvalue weighted by Gasteiger charge is 2.47. The van der Waals surface area contributed by atoms with Crippen molar-refractivity contribution in [3.8, 4) is 0 Å². The number of ether oxygens (including phenoxy) is 2. The van der Waals surface area contributed by atoms with Crippen LogP contribution in [0.1, 0.15) is 13.8 Å². The van der Waals surface area contributed by atoms with Crippen molar-refractivity contribution in [2.75, 3.05) is 64.0 Å². The van der Waals surface area contributed by atoms with E-state index in [-0.39, 0.29) is 15.5 Å². The van der Waals surface area contributed by atoms with Gasteiger partial charge in [-0.3, -0.25) is 4.90 Å². The van der Waals surface area contributed by atoms with Crippen LogP contribution in [0.25, 0.3) is 10.2 Å². The normalized spacial score (nSPS) is 20.9. The van der Waals surface area contributed by atoms with Crippen molar-refractivity contribution in [2.24, 2.45) is 0 Å². The molecule has 0 bridgehead atoms. The third-order valence-corrected chi connectivity index (χ3v) is 9.97. The molecule has 0 aliphatic carbocycles. The largest absolute Gasteiger partial charge is 0.490 e. The number of thiazole rings is 1. The average Bonchev–Trinajstić information content (AvgIpc) is 3.24. The van der Waals surface area contributed by atoms with Crippen LogP contribution < -0.4 is 4.90 Å². The van der Waals surface area contributed by atoms with E-state index in [9.17, 15) is 21.6 Å². The molecule has 1 aromatic carbocycles. The third kappa shape index (κ3) is 6.18. The molecule has 3 saturated heterocycles. The van der Waals surface area contributed by atoms with Gasteiger partial charge in [0.25, 0.3) is 0 Å². The van der Waals surface area contributed by atoms with E-state index in [2.05, 4.69) is 28.6 Å². The molecule has 3 fully saturated rings. The van der Waals surface area contributed by atoms with Crippen LogP contribution >= 0.6 is 22.9 Å². The maximum Gasteiger partial charge on any atom is 0.490 e. The van der Waals surface area contributed by atoms with Crippen LogP contribution in [0.2, 0.25) is 5.02 Å². The zero-order chi connectivity index (χ0) is 27.9. The monoisotopic (exact) mass is 600 g/mol. The number of piperazine rings is 1. The van der Waals surface area contributed by atoms with Crippen LogP contribution in [0.4, 0.5) is 18.3 Å². The van der Waals surface area contributed by atoms with E-state index in [1.807, 2.05) is 0 Å². The molecular weight excluding hydrogens is 573 g/mol. The van der Waals surface area contributed by atoms with Gasteiger partial charge >= 0.3 is 12.1 Å². The van der Waals surface area contributed by atoms with Crippen molar-refractivity contribution in [2.45, 2.75) is 36.6 Å². The number of nitrogens with zero attached hydrogens (tertiary/aromatic N) is 4. The first-order chi connectivity index (χ1) is 17.7. The number of halogens is 4.